The second-order valence-corrected chi connectivity index (χ2v) is 7.36. The molecule has 0 unspecified atom stereocenters. The van der Waals surface area contributed by atoms with Gasteiger partial charge in [-0.15, -0.1) is 11.3 Å². The Labute approximate surface area is 159 Å². The fraction of sp³-hybridized carbons (Fsp3) is 0.105. The summed E-state index contributed by atoms with van der Waals surface area (Å²) in [6, 6.07) is 13.2. The molecule has 7 heteroatoms. The van der Waals surface area contributed by atoms with Crippen LogP contribution in [0.5, 0.6) is 0 Å². The summed E-state index contributed by atoms with van der Waals surface area (Å²) in [6.45, 7) is 1.96. The van der Waals surface area contributed by atoms with Gasteiger partial charge in [0.05, 0.1) is 4.88 Å². The van der Waals surface area contributed by atoms with Crippen molar-refractivity contribution in [3.05, 3.63) is 76.8 Å². The van der Waals surface area contributed by atoms with Gasteiger partial charge in [-0.05, 0) is 48.4 Å². The van der Waals surface area contributed by atoms with Gasteiger partial charge in [0.25, 0.3) is 0 Å². The number of benzene rings is 1. The van der Waals surface area contributed by atoms with Crippen molar-refractivity contribution in [3.63, 3.8) is 0 Å². The number of H-pyrrole nitrogens is 1. The number of hydrogen-bond donors (Lipinski definition) is 2. The van der Waals surface area contributed by atoms with E-state index in [1.165, 1.54) is 6.33 Å². The van der Waals surface area contributed by atoms with Gasteiger partial charge < -0.3 is 5.11 Å². The number of hydrogen-bond acceptors (Lipinski definition) is 5. The zero-order chi connectivity index (χ0) is 18.1. The first-order chi connectivity index (χ1) is 12.6. The van der Waals surface area contributed by atoms with Crippen LogP contribution in [0.15, 0.2) is 55.0 Å². The Hall–Kier alpha value is -2.54. The number of nitrogens with zero attached hydrogens (tertiary/aromatic N) is 3. The van der Waals surface area contributed by atoms with Gasteiger partial charge in [-0.25, -0.2) is 4.98 Å². The van der Waals surface area contributed by atoms with Crippen LogP contribution in [-0.4, -0.2) is 25.3 Å². The SMILES string of the molecule is Cc1cc(-c2cc([C@H](O)c3ccc(Cl)cc3)c(-c3ncn[nH]3)s2)ccn1. The Bertz CT molecular complexity index is 1030. The van der Waals surface area contributed by atoms with Gasteiger partial charge >= 0.3 is 0 Å². The van der Waals surface area contributed by atoms with Crippen molar-refractivity contribution in [2.75, 3.05) is 0 Å². The van der Waals surface area contributed by atoms with Gasteiger partial charge in [0.15, 0.2) is 5.82 Å². The minimum atomic E-state index is -0.791. The Morgan fingerprint density at radius 2 is 1.92 bits per heavy atom. The van der Waals surface area contributed by atoms with Crippen molar-refractivity contribution in [1.29, 1.82) is 0 Å². The number of thiophene rings is 1. The number of halogens is 1. The molecule has 1 atom stereocenters. The molecule has 0 fully saturated rings. The summed E-state index contributed by atoms with van der Waals surface area (Å²) in [4.78, 5) is 10.4. The molecule has 3 aromatic heterocycles. The molecule has 0 aliphatic heterocycles. The summed E-state index contributed by atoms with van der Waals surface area (Å²) in [6.07, 6.45) is 2.46. The van der Waals surface area contributed by atoms with E-state index in [-0.39, 0.29) is 0 Å². The molecule has 3 heterocycles. The van der Waals surface area contributed by atoms with E-state index < -0.39 is 6.10 Å². The lowest BCUT2D eigenvalue weighted by Crippen LogP contribution is -2.00. The highest BCUT2D eigenvalue weighted by molar-refractivity contribution is 7.19. The Morgan fingerprint density at radius 1 is 1.12 bits per heavy atom. The fourth-order valence-corrected chi connectivity index (χ4v) is 4.03. The van der Waals surface area contributed by atoms with E-state index in [0.29, 0.717) is 10.8 Å². The Kier molecular flexibility index (Phi) is 4.55. The number of rotatable bonds is 4. The molecular weight excluding hydrogens is 368 g/mol. The normalized spacial score (nSPS) is 12.3. The molecule has 4 aromatic rings. The van der Waals surface area contributed by atoms with E-state index >= 15 is 0 Å². The van der Waals surface area contributed by atoms with Crippen LogP contribution in [0.2, 0.25) is 5.02 Å². The average Bonchev–Trinajstić information content (AvgIpc) is 3.31. The van der Waals surface area contributed by atoms with Crippen LogP contribution in [0.1, 0.15) is 22.9 Å². The molecule has 0 saturated carbocycles. The van der Waals surface area contributed by atoms with E-state index in [0.717, 1.165) is 32.1 Å². The lowest BCUT2D eigenvalue weighted by molar-refractivity contribution is 0.221. The monoisotopic (exact) mass is 382 g/mol. The lowest BCUT2D eigenvalue weighted by Gasteiger charge is -2.11. The smallest absolute Gasteiger partial charge is 0.165 e. The van der Waals surface area contributed by atoms with Crippen LogP contribution in [0.3, 0.4) is 0 Å². The number of nitrogens with one attached hydrogen (secondary N) is 1. The molecule has 0 saturated heterocycles. The van der Waals surface area contributed by atoms with Crippen molar-refractivity contribution in [2.24, 2.45) is 0 Å². The lowest BCUT2D eigenvalue weighted by atomic mass is 10.0. The van der Waals surface area contributed by atoms with Gasteiger partial charge in [0.2, 0.25) is 0 Å². The van der Waals surface area contributed by atoms with E-state index in [2.05, 4.69) is 20.2 Å². The average molecular weight is 383 g/mol. The highest BCUT2D eigenvalue weighted by Crippen LogP contribution is 2.41. The third-order valence-electron chi connectivity index (χ3n) is 4.05. The largest absolute Gasteiger partial charge is 0.384 e. The minimum Gasteiger partial charge on any atom is -0.384 e. The van der Waals surface area contributed by atoms with Crippen molar-refractivity contribution < 1.29 is 5.11 Å². The van der Waals surface area contributed by atoms with Crippen LogP contribution >= 0.6 is 22.9 Å². The Morgan fingerprint density at radius 3 is 2.62 bits per heavy atom. The molecule has 130 valence electrons. The third kappa shape index (κ3) is 3.26. The predicted octanol–water partition coefficient (Wildman–Crippen LogP) is 4.64. The van der Waals surface area contributed by atoms with E-state index in [1.807, 2.05) is 37.3 Å². The van der Waals surface area contributed by atoms with Crippen LogP contribution < -0.4 is 0 Å². The maximum Gasteiger partial charge on any atom is 0.165 e. The molecule has 26 heavy (non-hydrogen) atoms. The Balaban J connectivity index is 1.83. The molecule has 0 radical (unpaired) electrons. The minimum absolute atomic E-state index is 0.634. The molecule has 4 rings (SSSR count). The fourth-order valence-electron chi connectivity index (χ4n) is 2.77. The van der Waals surface area contributed by atoms with Gasteiger partial charge in [0, 0.05) is 27.4 Å². The standard InChI is InChI=1S/C19H15ClN4OS/c1-11-8-13(6-7-21-11)16-9-15(18(26-16)19-22-10-23-24-19)17(25)12-2-4-14(20)5-3-12/h2-10,17,25H,1H3,(H,22,23,24)/t17-/m1/s1. The van der Waals surface area contributed by atoms with Gasteiger partial charge in [0.1, 0.15) is 12.4 Å². The molecule has 0 aliphatic rings. The molecule has 5 nitrogen and oxygen atoms in total. The predicted molar refractivity (Wildman–Crippen MR) is 103 cm³/mol. The van der Waals surface area contributed by atoms with Gasteiger partial charge in [-0.1, -0.05) is 23.7 Å². The highest BCUT2D eigenvalue weighted by Gasteiger charge is 2.21. The maximum atomic E-state index is 11.0. The number of aromatic nitrogens is 4. The van der Waals surface area contributed by atoms with Gasteiger partial charge in [-0.3, -0.25) is 10.1 Å². The maximum absolute atomic E-state index is 11.0. The first kappa shape index (κ1) is 16.9. The molecule has 0 amide bonds. The van der Waals surface area contributed by atoms with E-state index in [1.54, 1.807) is 29.7 Å². The summed E-state index contributed by atoms with van der Waals surface area (Å²) in [5, 5.41) is 18.4. The number of aromatic amines is 1. The molecule has 0 spiro atoms. The molecule has 2 N–H and O–H groups in total. The highest BCUT2D eigenvalue weighted by atomic mass is 35.5. The second kappa shape index (κ2) is 6.99. The topological polar surface area (TPSA) is 74.7 Å². The third-order valence-corrected chi connectivity index (χ3v) is 5.51. The number of aliphatic hydroxyl groups is 1. The van der Waals surface area contributed by atoms with Crippen LogP contribution in [0, 0.1) is 6.92 Å². The van der Waals surface area contributed by atoms with Gasteiger partial charge in [-0.2, -0.15) is 5.10 Å². The zero-order valence-corrected chi connectivity index (χ0v) is 15.4. The molecule has 0 bridgehead atoms. The van der Waals surface area contributed by atoms with Crippen molar-refractivity contribution in [3.8, 4) is 21.1 Å². The summed E-state index contributed by atoms with van der Waals surface area (Å²) in [5.74, 6) is 0.634. The summed E-state index contributed by atoms with van der Waals surface area (Å²) in [5.41, 5.74) is 3.54. The van der Waals surface area contributed by atoms with Crippen LogP contribution in [0.25, 0.3) is 21.1 Å². The quantitative estimate of drug-likeness (QED) is 0.539. The zero-order valence-electron chi connectivity index (χ0n) is 13.8. The van der Waals surface area contributed by atoms with Crippen LogP contribution in [0.4, 0.5) is 0 Å². The first-order valence-corrected chi connectivity index (χ1v) is 9.17. The van der Waals surface area contributed by atoms with E-state index in [9.17, 15) is 5.11 Å². The van der Waals surface area contributed by atoms with Crippen molar-refractivity contribution in [2.45, 2.75) is 13.0 Å². The van der Waals surface area contributed by atoms with Crippen molar-refractivity contribution >= 4 is 22.9 Å². The number of aliphatic hydroxyl groups excluding tert-OH is 1. The molecule has 0 aliphatic carbocycles. The second-order valence-electron chi connectivity index (χ2n) is 5.87. The number of aryl methyl sites for hydroxylation is 1. The first-order valence-electron chi connectivity index (χ1n) is 7.98. The van der Waals surface area contributed by atoms with E-state index in [4.69, 9.17) is 11.6 Å². The molecular formula is C19H15ClN4OS. The summed E-state index contributed by atoms with van der Waals surface area (Å²) >= 11 is 7.52. The molecule has 1 aromatic carbocycles. The summed E-state index contributed by atoms with van der Waals surface area (Å²) in [7, 11) is 0. The van der Waals surface area contributed by atoms with Crippen LogP contribution in [-0.2, 0) is 0 Å². The van der Waals surface area contributed by atoms with Crippen molar-refractivity contribution in [1.82, 2.24) is 20.2 Å². The number of pyridine rings is 1. The summed E-state index contributed by atoms with van der Waals surface area (Å²) < 4.78 is 0.